The van der Waals surface area contributed by atoms with Gasteiger partial charge in [0.1, 0.15) is 5.75 Å². The van der Waals surface area contributed by atoms with Crippen LogP contribution >= 0.6 is 11.8 Å². The van der Waals surface area contributed by atoms with E-state index in [2.05, 4.69) is 0 Å². The second-order valence-electron chi connectivity index (χ2n) is 4.57. The van der Waals surface area contributed by atoms with E-state index in [4.69, 9.17) is 15.9 Å². The summed E-state index contributed by atoms with van der Waals surface area (Å²) in [6.07, 6.45) is 2.79. The first-order valence-electron chi connectivity index (χ1n) is 5.57. The number of nitrogens with two attached hydrogens (primary N) is 1. The lowest BCUT2D eigenvalue weighted by Crippen LogP contribution is -2.32. The van der Waals surface area contributed by atoms with Crippen LogP contribution in [-0.2, 0) is 0 Å². The molecule has 0 amide bonds. The summed E-state index contributed by atoms with van der Waals surface area (Å²) in [5.41, 5.74) is 5.22. The zero-order valence-electron chi connectivity index (χ0n) is 10.6. The van der Waals surface area contributed by atoms with E-state index in [1.807, 2.05) is 44.4 Å². The molecule has 1 aromatic carbocycles. The number of hydrogen-bond acceptors (Lipinski definition) is 3. The van der Waals surface area contributed by atoms with Gasteiger partial charge in [-0.3, -0.25) is 5.41 Å². The van der Waals surface area contributed by atoms with E-state index >= 15 is 0 Å². The first kappa shape index (κ1) is 13.9. The van der Waals surface area contributed by atoms with Crippen LogP contribution in [0.2, 0.25) is 0 Å². The molecular weight excluding hydrogens is 232 g/mol. The van der Waals surface area contributed by atoms with Crippen molar-refractivity contribution < 1.29 is 4.74 Å². The second-order valence-corrected chi connectivity index (χ2v) is 5.45. The minimum Gasteiger partial charge on any atom is -0.494 e. The molecule has 0 saturated heterocycles. The van der Waals surface area contributed by atoms with E-state index in [0.717, 1.165) is 12.2 Å². The average molecular weight is 252 g/mol. The normalized spacial score (nSPS) is 11.2. The second kappa shape index (κ2) is 5.96. The molecule has 1 rings (SSSR count). The molecule has 0 spiro atoms. The average Bonchev–Trinajstić information content (AvgIpc) is 2.29. The van der Waals surface area contributed by atoms with Crippen LogP contribution in [0.5, 0.6) is 5.75 Å². The highest BCUT2D eigenvalue weighted by molar-refractivity contribution is 7.98. The third-order valence-corrected chi connectivity index (χ3v) is 3.53. The quantitative estimate of drug-likeness (QED) is 0.464. The molecule has 0 aliphatic heterocycles. The molecule has 94 valence electrons. The van der Waals surface area contributed by atoms with Gasteiger partial charge >= 0.3 is 0 Å². The molecule has 1 aromatic rings. The van der Waals surface area contributed by atoms with E-state index in [0.29, 0.717) is 6.61 Å². The summed E-state index contributed by atoms with van der Waals surface area (Å²) in [7, 11) is 0. The van der Waals surface area contributed by atoms with Gasteiger partial charge in [0.05, 0.1) is 12.4 Å². The van der Waals surface area contributed by atoms with Crippen LogP contribution in [0.3, 0.4) is 0 Å². The van der Waals surface area contributed by atoms with Gasteiger partial charge in [0, 0.05) is 10.3 Å². The Morgan fingerprint density at radius 1 is 1.35 bits per heavy atom. The Kier molecular flexibility index (Phi) is 4.87. The Morgan fingerprint density at radius 2 is 1.94 bits per heavy atom. The molecule has 3 N–H and O–H groups in total. The van der Waals surface area contributed by atoms with Crippen molar-refractivity contribution in [1.82, 2.24) is 0 Å². The SMILES string of the molecule is CSc1ccc(OCCC(C)(C)C(=N)N)cc1. The Hall–Kier alpha value is -1.16. The fraction of sp³-hybridized carbons (Fsp3) is 0.462. The number of rotatable bonds is 6. The highest BCUT2D eigenvalue weighted by atomic mass is 32.2. The summed E-state index contributed by atoms with van der Waals surface area (Å²) in [6, 6.07) is 8.01. The molecular formula is C13H20N2OS. The van der Waals surface area contributed by atoms with Crippen molar-refractivity contribution in [2.24, 2.45) is 11.1 Å². The van der Waals surface area contributed by atoms with Gasteiger partial charge in [-0.05, 0) is 36.9 Å². The smallest absolute Gasteiger partial charge is 0.119 e. The lowest BCUT2D eigenvalue weighted by Gasteiger charge is -2.22. The molecule has 17 heavy (non-hydrogen) atoms. The number of amidine groups is 1. The Morgan fingerprint density at radius 3 is 2.41 bits per heavy atom. The Labute approximate surface area is 107 Å². The van der Waals surface area contributed by atoms with Crippen molar-refractivity contribution in [2.45, 2.75) is 25.2 Å². The number of hydrogen-bond donors (Lipinski definition) is 2. The predicted octanol–water partition coefficient (Wildman–Crippen LogP) is 3.14. The lowest BCUT2D eigenvalue weighted by molar-refractivity contribution is 0.268. The number of benzene rings is 1. The largest absolute Gasteiger partial charge is 0.494 e. The summed E-state index contributed by atoms with van der Waals surface area (Å²) < 4.78 is 5.63. The number of thioether (sulfide) groups is 1. The first-order chi connectivity index (χ1) is 7.95. The maximum absolute atomic E-state index is 7.45. The van der Waals surface area contributed by atoms with E-state index in [-0.39, 0.29) is 11.3 Å². The van der Waals surface area contributed by atoms with Gasteiger partial charge in [-0.1, -0.05) is 13.8 Å². The van der Waals surface area contributed by atoms with Gasteiger partial charge in [0.15, 0.2) is 0 Å². The maximum atomic E-state index is 7.45. The molecule has 0 aliphatic rings. The maximum Gasteiger partial charge on any atom is 0.119 e. The van der Waals surface area contributed by atoms with Crippen molar-refractivity contribution in [3.05, 3.63) is 24.3 Å². The van der Waals surface area contributed by atoms with Crippen LogP contribution in [0, 0.1) is 10.8 Å². The summed E-state index contributed by atoms with van der Waals surface area (Å²) >= 11 is 1.71. The van der Waals surface area contributed by atoms with Crippen molar-refractivity contribution in [2.75, 3.05) is 12.9 Å². The van der Waals surface area contributed by atoms with Gasteiger partial charge in [0.2, 0.25) is 0 Å². The molecule has 0 saturated carbocycles. The molecule has 0 heterocycles. The lowest BCUT2D eigenvalue weighted by atomic mass is 9.88. The highest BCUT2D eigenvalue weighted by Gasteiger charge is 2.21. The number of ether oxygens (including phenoxy) is 1. The van der Waals surface area contributed by atoms with Gasteiger partial charge in [0.25, 0.3) is 0 Å². The first-order valence-corrected chi connectivity index (χ1v) is 6.79. The topological polar surface area (TPSA) is 59.1 Å². The van der Waals surface area contributed by atoms with Crippen molar-refractivity contribution >= 4 is 17.6 Å². The molecule has 3 nitrogen and oxygen atoms in total. The van der Waals surface area contributed by atoms with E-state index in [1.165, 1.54) is 4.90 Å². The van der Waals surface area contributed by atoms with Crippen LogP contribution in [0.15, 0.2) is 29.2 Å². The molecule has 0 aliphatic carbocycles. The summed E-state index contributed by atoms with van der Waals surface area (Å²) in [4.78, 5) is 1.22. The molecule has 4 heteroatoms. The van der Waals surface area contributed by atoms with Crippen LogP contribution < -0.4 is 10.5 Å². The summed E-state index contributed by atoms with van der Waals surface area (Å²) in [5.74, 6) is 1.07. The molecule has 0 aromatic heterocycles. The molecule has 0 atom stereocenters. The van der Waals surface area contributed by atoms with Gasteiger partial charge < -0.3 is 10.5 Å². The van der Waals surface area contributed by atoms with Crippen LogP contribution in [0.4, 0.5) is 0 Å². The zero-order valence-corrected chi connectivity index (χ0v) is 11.4. The van der Waals surface area contributed by atoms with Crippen molar-refractivity contribution in [3.8, 4) is 5.75 Å². The molecule has 0 bridgehead atoms. The van der Waals surface area contributed by atoms with Crippen LogP contribution in [0.25, 0.3) is 0 Å². The van der Waals surface area contributed by atoms with Gasteiger partial charge in [-0.15, -0.1) is 11.8 Å². The summed E-state index contributed by atoms with van der Waals surface area (Å²) in [6.45, 7) is 4.48. The van der Waals surface area contributed by atoms with Gasteiger partial charge in [-0.2, -0.15) is 0 Å². The van der Waals surface area contributed by atoms with Gasteiger partial charge in [-0.25, -0.2) is 0 Å². The standard InChI is InChI=1S/C13H20N2OS/c1-13(2,12(14)15)8-9-16-10-4-6-11(17-3)7-5-10/h4-7H,8-9H2,1-3H3,(H3,14,15). The highest BCUT2D eigenvalue weighted by Crippen LogP contribution is 2.22. The van der Waals surface area contributed by atoms with E-state index < -0.39 is 0 Å². The predicted molar refractivity (Wildman–Crippen MR) is 74.0 cm³/mol. The monoisotopic (exact) mass is 252 g/mol. The zero-order chi connectivity index (χ0) is 12.9. The van der Waals surface area contributed by atoms with E-state index in [9.17, 15) is 0 Å². The van der Waals surface area contributed by atoms with Crippen molar-refractivity contribution in [1.29, 1.82) is 5.41 Å². The Balaban J connectivity index is 2.43. The molecule has 0 fully saturated rings. The van der Waals surface area contributed by atoms with Crippen LogP contribution in [-0.4, -0.2) is 18.7 Å². The molecule has 0 radical (unpaired) electrons. The van der Waals surface area contributed by atoms with Crippen molar-refractivity contribution in [3.63, 3.8) is 0 Å². The minimum absolute atomic E-state index is 0.207. The molecule has 0 unspecified atom stereocenters. The summed E-state index contributed by atoms with van der Waals surface area (Å²) in [5, 5.41) is 7.45. The third kappa shape index (κ3) is 4.30. The number of nitrogens with one attached hydrogen (secondary N) is 1. The Bertz CT molecular complexity index is 374. The fourth-order valence-electron chi connectivity index (χ4n) is 1.23. The third-order valence-electron chi connectivity index (χ3n) is 2.78. The minimum atomic E-state index is -0.292. The van der Waals surface area contributed by atoms with Crippen LogP contribution in [0.1, 0.15) is 20.3 Å². The fourth-order valence-corrected chi connectivity index (χ4v) is 1.64. The van der Waals surface area contributed by atoms with E-state index in [1.54, 1.807) is 11.8 Å².